The molecule has 0 bridgehead atoms. The average molecular weight is 602 g/mol. The quantitative estimate of drug-likeness (QED) is 0.258. The Morgan fingerprint density at radius 3 is 2.55 bits per heavy atom. The maximum atomic E-state index is 13.8. The summed E-state index contributed by atoms with van der Waals surface area (Å²) < 4.78 is 2.40. The van der Waals surface area contributed by atoms with Crippen LogP contribution < -0.4 is 5.32 Å². The number of nitrogens with one attached hydrogen (secondary N) is 1. The van der Waals surface area contributed by atoms with Crippen LogP contribution in [0.4, 0.5) is 5.82 Å². The standard InChI is InChI=1S/C29H28BrN7O3/c1-15-5-6-23(30)33-27(15)35-28(40)21-11-29(4)12-22(29)37(21)25(39)10-24-34-26(16(2)38)20-9-18(7-8-36(20)24)19-13-31-17(3)32-14-19/h5-9,13-14,21-22H,10-12H2,1-4H3,(H,33,35,40)/t21-,22?,29-/m0/s1. The van der Waals surface area contributed by atoms with E-state index in [0.717, 1.165) is 23.1 Å². The van der Waals surface area contributed by atoms with E-state index in [4.69, 9.17) is 0 Å². The number of likely N-dealkylation sites (tertiary alicyclic amines) is 1. The summed E-state index contributed by atoms with van der Waals surface area (Å²) in [6, 6.07) is 6.83. The Labute approximate surface area is 239 Å². The molecule has 0 spiro atoms. The molecule has 2 amide bonds. The molecule has 1 unspecified atom stereocenters. The smallest absolute Gasteiger partial charge is 0.248 e. The van der Waals surface area contributed by atoms with Gasteiger partial charge in [-0.1, -0.05) is 13.0 Å². The minimum Gasteiger partial charge on any atom is -0.327 e. The van der Waals surface area contributed by atoms with Crippen molar-refractivity contribution in [2.24, 2.45) is 5.41 Å². The molecule has 0 radical (unpaired) electrons. The SMILES string of the molecule is CC(=O)c1nc(CC(=O)N2C3C[C@]3(C)C[C@H]2C(=O)Nc2nc(Br)ccc2C)n2ccc(-c3cnc(C)nc3)cc12. The summed E-state index contributed by atoms with van der Waals surface area (Å²) in [6.45, 7) is 7.27. The number of carbonyl (C=O) groups excluding carboxylic acids is 3. The number of nitrogens with zero attached hydrogens (tertiary/aromatic N) is 6. The lowest BCUT2D eigenvalue weighted by atomic mass is 10.0. The van der Waals surface area contributed by atoms with E-state index in [-0.39, 0.29) is 35.5 Å². The molecule has 1 saturated carbocycles. The first-order chi connectivity index (χ1) is 19.0. The summed E-state index contributed by atoms with van der Waals surface area (Å²) in [7, 11) is 0. The van der Waals surface area contributed by atoms with Crippen molar-refractivity contribution in [2.45, 2.75) is 59.0 Å². The van der Waals surface area contributed by atoms with Gasteiger partial charge in [0.25, 0.3) is 0 Å². The Bertz CT molecular complexity index is 1700. The van der Waals surface area contributed by atoms with Crippen LogP contribution in [0.2, 0.25) is 0 Å². The van der Waals surface area contributed by atoms with Crippen LogP contribution in [-0.2, 0) is 16.0 Å². The van der Waals surface area contributed by atoms with E-state index in [0.29, 0.717) is 39.7 Å². The van der Waals surface area contributed by atoms with Crippen molar-refractivity contribution in [1.82, 2.24) is 29.2 Å². The zero-order valence-electron chi connectivity index (χ0n) is 22.6. The second-order valence-electron chi connectivity index (χ2n) is 11.0. The van der Waals surface area contributed by atoms with Crippen molar-refractivity contribution >= 4 is 44.9 Å². The highest BCUT2D eigenvalue weighted by atomic mass is 79.9. The predicted molar refractivity (Wildman–Crippen MR) is 152 cm³/mol. The number of imidazole rings is 1. The number of halogens is 1. The fourth-order valence-electron chi connectivity index (χ4n) is 5.67. The molecule has 1 aliphatic carbocycles. The first kappa shape index (κ1) is 26.2. The maximum Gasteiger partial charge on any atom is 0.248 e. The minimum absolute atomic E-state index is 0.000963. The van der Waals surface area contributed by atoms with Gasteiger partial charge in [0.2, 0.25) is 11.8 Å². The number of fused-ring (bicyclic) bond motifs is 2. The third-order valence-corrected chi connectivity index (χ3v) is 8.45. The monoisotopic (exact) mass is 601 g/mol. The van der Waals surface area contributed by atoms with Gasteiger partial charge < -0.3 is 14.6 Å². The van der Waals surface area contributed by atoms with Gasteiger partial charge in [0.05, 0.1) is 11.9 Å². The highest BCUT2D eigenvalue weighted by molar-refractivity contribution is 9.10. The molecule has 10 nitrogen and oxygen atoms in total. The highest BCUT2D eigenvalue weighted by Crippen LogP contribution is 2.59. The van der Waals surface area contributed by atoms with Gasteiger partial charge in [-0.25, -0.2) is 19.9 Å². The Morgan fingerprint density at radius 1 is 1.07 bits per heavy atom. The van der Waals surface area contributed by atoms with Crippen LogP contribution in [0.1, 0.15) is 54.4 Å². The molecule has 1 N–H and O–H groups in total. The van der Waals surface area contributed by atoms with Gasteiger partial charge in [-0.15, -0.1) is 0 Å². The van der Waals surface area contributed by atoms with Gasteiger partial charge >= 0.3 is 0 Å². The van der Waals surface area contributed by atoms with Crippen LogP contribution in [0, 0.1) is 19.3 Å². The van der Waals surface area contributed by atoms with Crippen LogP contribution in [0.15, 0.2) is 47.5 Å². The predicted octanol–water partition coefficient (Wildman–Crippen LogP) is 4.33. The van der Waals surface area contributed by atoms with Gasteiger partial charge in [0.15, 0.2) is 5.78 Å². The van der Waals surface area contributed by atoms with Crippen LogP contribution >= 0.6 is 15.9 Å². The summed E-state index contributed by atoms with van der Waals surface area (Å²) >= 11 is 3.35. The molecule has 5 heterocycles. The Hall–Kier alpha value is -3.99. The molecule has 2 fully saturated rings. The second kappa shape index (κ2) is 9.58. The number of rotatable bonds is 6. The number of pyridine rings is 2. The molecule has 1 saturated heterocycles. The number of hydrogen-bond donors (Lipinski definition) is 1. The van der Waals surface area contributed by atoms with Crippen molar-refractivity contribution in [1.29, 1.82) is 0 Å². The molecule has 40 heavy (non-hydrogen) atoms. The Morgan fingerprint density at radius 2 is 1.82 bits per heavy atom. The van der Waals surface area contributed by atoms with Gasteiger partial charge in [-0.05, 0) is 77.4 Å². The summed E-state index contributed by atoms with van der Waals surface area (Å²) in [5.74, 6) is 0.954. The molecular weight excluding hydrogens is 574 g/mol. The third kappa shape index (κ3) is 4.57. The molecule has 6 rings (SSSR count). The zero-order chi connectivity index (χ0) is 28.3. The maximum absolute atomic E-state index is 13.8. The number of ketones is 1. The highest BCUT2D eigenvalue weighted by Gasteiger charge is 2.64. The van der Waals surface area contributed by atoms with Crippen molar-refractivity contribution in [3.8, 4) is 11.1 Å². The van der Waals surface area contributed by atoms with E-state index in [1.807, 2.05) is 44.3 Å². The summed E-state index contributed by atoms with van der Waals surface area (Å²) in [5, 5.41) is 2.92. The van der Waals surface area contributed by atoms with Crippen molar-refractivity contribution < 1.29 is 14.4 Å². The molecule has 11 heteroatoms. The van der Waals surface area contributed by atoms with Gasteiger partial charge in [-0.2, -0.15) is 0 Å². The van der Waals surface area contributed by atoms with Gasteiger partial charge in [-0.3, -0.25) is 14.4 Å². The van der Waals surface area contributed by atoms with Crippen LogP contribution in [0.3, 0.4) is 0 Å². The average Bonchev–Trinajstić information content (AvgIpc) is 3.28. The number of hydrogen-bond acceptors (Lipinski definition) is 7. The number of Topliss-reactive ketones (excluding diaryl/α,β-unsaturated/α-hetero) is 1. The van der Waals surface area contributed by atoms with Crippen molar-refractivity contribution in [2.75, 3.05) is 5.32 Å². The molecular formula is C29H28BrN7O3. The van der Waals surface area contributed by atoms with E-state index in [1.54, 1.807) is 21.7 Å². The van der Waals surface area contributed by atoms with E-state index >= 15 is 0 Å². The summed E-state index contributed by atoms with van der Waals surface area (Å²) in [6.07, 6.45) is 6.69. The first-order valence-corrected chi connectivity index (χ1v) is 13.9. The molecule has 1 aliphatic heterocycles. The van der Waals surface area contributed by atoms with E-state index in [9.17, 15) is 14.4 Å². The van der Waals surface area contributed by atoms with Crippen molar-refractivity contribution in [3.05, 3.63) is 70.4 Å². The molecule has 0 aromatic carbocycles. The van der Waals surface area contributed by atoms with E-state index in [2.05, 4.69) is 48.1 Å². The van der Waals surface area contributed by atoms with Crippen LogP contribution in [0.5, 0.6) is 0 Å². The third-order valence-electron chi connectivity index (χ3n) is 8.00. The van der Waals surface area contributed by atoms with Crippen molar-refractivity contribution in [3.63, 3.8) is 0 Å². The molecule has 204 valence electrons. The lowest BCUT2D eigenvalue weighted by Crippen LogP contribution is -2.46. The Balaban J connectivity index is 1.29. The molecule has 4 aromatic rings. The topological polar surface area (TPSA) is 122 Å². The first-order valence-electron chi connectivity index (χ1n) is 13.1. The number of aryl methyl sites for hydroxylation is 2. The number of piperidine rings is 1. The number of amides is 2. The fourth-order valence-corrected chi connectivity index (χ4v) is 5.98. The molecule has 4 aromatic heterocycles. The largest absolute Gasteiger partial charge is 0.327 e. The lowest BCUT2D eigenvalue weighted by molar-refractivity contribution is -0.137. The Kier molecular flexibility index (Phi) is 6.29. The van der Waals surface area contributed by atoms with Gasteiger partial charge in [0, 0.05) is 37.1 Å². The second-order valence-corrected chi connectivity index (χ2v) is 11.8. The normalized spacial score (nSPS) is 21.4. The van der Waals surface area contributed by atoms with Crippen LogP contribution in [-0.4, -0.2) is 58.9 Å². The summed E-state index contributed by atoms with van der Waals surface area (Å²) in [4.78, 5) is 58.9. The fraction of sp³-hybridized carbons (Fsp3) is 0.345. The van der Waals surface area contributed by atoms with E-state index < -0.39 is 6.04 Å². The molecule has 2 aliphatic rings. The molecule has 3 atom stereocenters. The lowest BCUT2D eigenvalue weighted by Gasteiger charge is -2.27. The number of carbonyl (C=O) groups is 3. The number of anilines is 1. The number of aromatic nitrogens is 5. The minimum atomic E-state index is -0.608. The summed E-state index contributed by atoms with van der Waals surface area (Å²) in [5.41, 5.74) is 3.31. The zero-order valence-corrected chi connectivity index (χ0v) is 24.2. The van der Waals surface area contributed by atoms with E-state index in [1.165, 1.54) is 6.92 Å². The van der Waals surface area contributed by atoms with Gasteiger partial charge in [0.1, 0.15) is 33.8 Å². The van der Waals surface area contributed by atoms with Crippen LogP contribution in [0.25, 0.3) is 16.6 Å².